The second-order valence-corrected chi connectivity index (χ2v) is 4.51. The fourth-order valence-corrected chi connectivity index (χ4v) is 1.81. The van der Waals surface area contributed by atoms with Crippen LogP contribution in [-0.2, 0) is 0 Å². The van der Waals surface area contributed by atoms with E-state index in [1.165, 1.54) is 6.07 Å². The van der Waals surface area contributed by atoms with Gasteiger partial charge in [0.1, 0.15) is 0 Å². The van der Waals surface area contributed by atoms with E-state index in [1.54, 1.807) is 24.3 Å². The van der Waals surface area contributed by atoms with Gasteiger partial charge in [0.2, 0.25) is 0 Å². The molecule has 2 nitrogen and oxygen atoms in total. The van der Waals surface area contributed by atoms with Crippen molar-refractivity contribution in [3.63, 3.8) is 0 Å². The minimum absolute atomic E-state index is 0.207. The molecule has 0 atom stereocenters. The highest BCUT2D eigenvalue weighted by molar-refractivity contribution is 9.10. The Morgan fingerprint density at radius 3 is 2.50 bits per heavy atom. The highest BCUT2D eigenvalue weighted by atomic mass is 79.9. The predicted octanol–water partition coefficient (Wildman–Crippen LogP) is 3.98. The van der Waals surface area contributed by atoms with Gasteiger partial charge in [0.15, 0.2) is 11.6 Å². The molecule has 0 saturated carbocycles. The largest absolute Gasteiger partial charge is 0.322 e. The average molecular weight is 312 g/mol. The number of anilines is 1. The minimum Gasteiger partial charge on any atom is -0.322 e. The van der Waals surface area contributed by atoms with E-state index in [-0.39, 0.29) is 11.6 Å². The van der Waals surface area contributed by atoms with Crippen molar-refractivity contribution in [2.45, 2.75) is 0 Å². The molecule has 0 fully saturated rings. The van der Waals surface area contributed by atoms with Crippen LogP contribution < -0.4 is 5.32 Å². The molecule has 1 amide bonds. The fourth-order valence-electron chi connectivity index (χ4n) is 1.41. The Morgan fingerprint density at radius 2 is 1.83 bits per heavy atom. The zero-order chi connectivity index (χ0) is 13.1. The van der Waals surface area contributed by atoms with E-state index in [1.807, 2.05) is 0 Å². The Hall–Kier alpha value is -1.75. The molecule has 2 aromatic carbocycles. The number of amides is 1. The van der Waals surface area contributed by atoms with Crippen molar-refractivity contribution in [1.29, 1.82) is 0 Å². The first-order valence-electron chi connectivity index (χ1n) is 5.08. The standard InChI is InChI=1S/C13H8BrF2NO/c14-9-3-1-2-8(6-9)13(18)17-10-4-5-11(15)12(16)7-10/h1-7H,(H,17,18). The summed E-state index contributed by atoms with van der Waals surface area (Å²) < 4.78 is 26.4. The minimum atomic E-state index is -0.998. The Labute approximate surface area is 111 Å². The smallest absolute Gasteiger partial charge is 0.255 e. The molecule has 18 heavy (non-hydrogen) atoms. The van der Waals surface area contributed by atoms with Crippen LogP contribution >= 0.6 is 15.9 Å². The molecule has 0 heterocycles. The molecule has 1 N–H and O–H groups in total. The molecule has 5 heteroatoms. The van der Waals surface area contributed by atoms with Crippen LogP contribution in [0, 0.1) is 11.6 Å². The molecule has 0 spiro atoms. The SMILES string of the molecule is O=C(Nc1ccc(F)c(F)c1)c1cccc(Br)c1. The summed E-state index contributed by atoms with van der Waals surface area (Å²) in [4.78, 5) is 11.8. The van der Waals surface area contributed by atoms with Crippen molar-refractivity contribution in [3.05, 3.63) is 64.1 Å². The highest BCUT2D eigenvalue weighted by Crippen LogP contribution is 2.16. The van der Waals surface area contributed by atoms with Crippen LogP contribution in [-0.4, -0.2) is 5.91 Å². The number of hydrogen-bond acceptors (Lipinski definition) is 1. The quantitative estimate of drug-likeness (QED) is 0.893. The summed E-state index contributed by atoms with van der Waals surface area (Å²) in [6.07, 6.45) is 0. The summed E-state index contributed by atoms with van der Waals surface area (Å²) >= 11 is 3.25. The molecule has 0 aromatic heterocycles. The number of halogens is 3. The molecular formula is C13H8BrF2NO. The molecule has 0 aliphatic rings. The van der Waals surface area contributed by atoms with Crippen LogP contribution in [0.25, 0.3) is 0 Å². The molecule has 0 aliphatic carbocycles. The third-order valence-electron chi connectivity index (χ3n) is 2.26. The average Bonchev–Trinajstić information content (AvgIpc) is 2.34. The van der Waals surface area contributed by atoms with Gasteiger partial charge < -0.3 is 5.32 Å². The number of carbonyl (C=O) groups excluding carboxylic acids is 1. The maximum absolute atomic E-state index is 13.0. The van der Waals surface area contributed by atoms with Crippen molar-refractivity contribution < 1.29 is 13.6 Å². The van der Waals surface area contributed by atoms with Crippen molar-refractivity contribution in [2.24, 2.45) is 0 Å². The van der Waals surface area contributed by atoms with E-state index in [0.29, 0.717) is 5.56 Å². The van der Waals surface area contributed by atoms with Gasteiger partial charge in [-0.2, -0.15) is 0 Å². The molecule has 92 valence electrons. The van der Waals surface area contributed by atoms with Gasteiger partial charge >= 0.3 is 0 Å². The molecule has 0 saturated heterocycles. The van der Waals surface area contributed by atoms with E-state index in [4.69, 9.17) is 0 Å². The molecule has 2 rings (SSSR count). The molecular weight excluding hydrogens is 304 g/mol. The first-order chi connectivity index (χ1) is 8.56. The van der Waals surface area contributed by atoms with Gasteiger partial charge in [0, 0.05) is 21.8 Å². The lowest BCUT2D eigenvalue weighted by molar-refractivity contribution is 0.102. The van der Waals surface area contributed by atoms with Crippen LogP contribution in [0.15, 0.2) is 46.9 Å². The van der Waals surface area contributed by atoms with Crippen LogP contribution in [0.3, 0.4) is 0 Å². The third-order valence-corrected chi connectivity index (χ3v) is 2.76. The number of benzene rings is 2. The normalized spacial score (nSPS) is 10.2. The predicted molar refractivity (Wildman–Crippen MR) is 68.5 cm³/mol. The maximum Gasteiger partial charge on any atom is 0.255 e. The number of hydrogen-bond donors (Lipinski definition) is 1. The summed E-state index contributed by atoms with van der Waals surface area (Å²) in [5, 5.41) is 2.49. The van der Waals surface area contributed by atoms with Crippen molar-refractivity contribution in [2.75, 3.05) is 5.32 Å². The summed E-state index contributed by atoms with van der Waals surface area (Å²) in [5.74, 6) is -2.33. The van der Waals surface area contributed by atoms with Gasteiger partial charge in [-0.05, 0) is 30.3 Å². The maximum atomic E-state index is 13.0. The van der Waals surface area contributed by atoms with E-state index >= 15 is 0 Å². The van der Waals surface area contributed by atoms with E-state index in [9.17, 15) is 13.6 Å². The lowest BCUT2D eigenvalue weighted by atomic mass is 10.2. The van der Waals surface area contributed by atoms with Gasteiger partial charge in [-0.1, -0.05) is 22.0 Å². The first-order valence-corrected chi connectivity index (χ1v) is 5.87. The van der Waals surface area contributed by atoms with E-state index < -0.39 is 11.6 Å². The van der Waals surface area contributed by atoms with Crippen molar-refractivity contribution in [1.82, 2.24) is 0 Å². The zero-order valence-corrected chi connectivity index (χ0v) is 10.7. The molecule has 0 unspecified atom stereocenters. The van der Waals surface area contributed by atoms with Crippen LogP contribution in [0.5, 0.6) is 0 Å². The second-order valence-electron chi connectivity index (χ2n) is 3.59. The van der Waals surface area contributed by atoms with Gasteiger partial charge in [0.25, 0.3) is 5.91 Å². The van der Waals surface area contributed by atoms with E-state index in [2.05, 4.69) is 21.2 Å². The first kappa shape index (κ1) is 12.7. The lowest BCUT2D eigenvalue weighted by Crippen LogP contribution is -2.12. The lowest BCUT2D eigenvalue weighted by Gasteiger charge is -2.05. The topological polar surface area (TPSA) is 29.1 Å². The van der Waals surface area contributed by atoms with Crippen LogP contribution in [0.2, 0.25) is 0 Å². The number of carbonyl (C=O) groups is 1. The van der Waals surface area contributed by atoms with Crippen molar-refractivity contribution >= 4 is 27.5 Å². The summed E-state index contributed by atoms with van der Waals surface area (Å²) in [7, 11) is 0. The summed E-state index contributed by atoms with van der Waals surface area (Å²) in [6.45, 7) is 0. The molecule has 0 aliphatic heterocycles. The zero-order valence-electron chi connectivity index (χ0n) is 9.08. The monoisotopic (exact) mass is 311 g/mol. The van der Waals surface area contributed by atoms with Crippen LogP contribution in [0.4, 0.5) is 14.5 Å². The third kappa shape index (κ3) is 2.92. The summed E-state index contributed by atoms with van der Waals surface area (Å²) in [6, 6.07) is 9.96. The van der Waals surface area contributed by atoms with Gasteiger partial charge in [0.05, 0.1) is 0 Å². The Kier molecular flexibility index (Phi) is 3.72. The Bertz CT molecular complexity index is 601. The molecule has 0 radical (unpaired) electrons. The molecule has 0 bridgehead atoms. The number of nitrogens with one attached hydrogen (secondary N) is 1. The Balaban J connectivity index is 2.18. The van der Waals surface area contributed by atoms with Crippen molar-refractivity contribution in [3.8, 4) is 0 Å². The second kappa shape index (κ2) is 5.27. The summed E-state index contributed by atoms with van der Waals surface area (Å²) in [5.41, 5.74) is 0.632. The fraction of sp³-hybridized carbons (Fsp3) is 0. The highest BCUT2D eigenvalue weighted by Gasteiger charge is 2.08. The van der Waals surface area contributed by atoms with Gasteiger partial charge in [-0.25, -0.2) is 8.78 Å². The van der Waals surface area contributed by atoms with E-state index in [0.717, 1.165) is 16.6 Å². The Morgan fingerprint density at radius 1 is 1.06 bits per heavy atom. The van der Waals surface area contributed by atoms with Gasteiger partial charge in [-0.15, -0.1) is 0 Å². The molecule has 2 aromatic rings. The van der Waals surface area contributed by atoms with Gasteiger partial charge in [-0.3, -0.25) is 4.79 Å². The number of rotatable bonds is 2. The van der Waals surface area contributed by atoms with Crippen LogP contribution in [0.1, 0.15) is 10.4 Å².